The number of hydrogen-bond acceptors (Lipinski definition) is 3. The number of carbonyl (C=O) groups is 1. The molecule has 126 valence electrons. The molecular formula is C21H16N4O. The minimum absolute atomic E-state index is 0.0317. The summed E-state index contributed by atoms with van der Waals surface area (Å²) in [5, 5.41) is 5.21. The molecule has 5 heterocycles. The summed E-state index contributed by atoms with van der Waals surface area (Å²) in [5.74, 6) is -0.0317. The predicted molar refractivity (Wildman–Crippen MR) is 102 cm³/mol. The molecule has 0 saturated heterocycles. The van der Waals surface area contributed by atoms with Crippen molar-refractivity contribution in [3.8, 4) is 0 Å². The molecule has 0 aromatic carbocycles. The van der Waals surface area contributed by atoms with E-state index < -0.39 is 0 Å². The molecule has 5 rings (SSSR count). The first-order valence-electron chi connectivity index (χ1n) is 8.44. The van der Waals surface area contributed by atoms with E-state index in [0.717, 1.165) is 44.8 Å². The van der Waals surface area contributed by atoms with E-state index in [1.165, 1.54) is 0 Å². The summed E-state index contributed by atoms with van der Waals surface area (Å²) in [7, 11) is 0. The van der Waals surface area contributed by atoms with Crippen LogP contribution in [-0.2, 0) is 4.79 Å². The molecule has 0 radical (unpaired) electrons. The van der Waals surface area contributed by atoms with E-state index in [4.69, 9.17) is 0 Å². The summed E-state index contributed by atoms with van der Waals surface area (Å²) in [5.41, 5.74) is 5.87. The Bertz CT molecular complexity index is 1220. The fraction of sp³-hybridized carbons (Fsp3) is 0.0476. The number of aromatic nitrogens is 2. The second-order valence-electron chi connectivity index (χ2n) is 6.51. The summed E-state index contributed by atoms with van der Waals surface area (Å²) in [4.78, 5) is 23.7. The Morgan fingerprint density at radius 3 is 2.42 bits per heavy atom. The molecule has 5 heteroatoms. The van der Waals surface area contributed by atoms with E-state index in [9.17, 15) is 4.79 Å². The van der Waals surface area contributed by atoms with Crippen molar-refractivity contribution in [2.75, 3.05) is 0 Å². The van der Waals surface area contributed by atoms with Crippen molar-refractivity contribution < 1.29 is 4.79 Å². The Hall–Kier alpha value is -3.60. The molecule has 26 heavy (non-hydrogen) atoms. The highest BCUT2D eigenvalue weighted by atomic mass is 16.1. The summed E-state index contributed by atoms with van der Waals surface area (Å²) >= 11 is 0. The molecule has 2 aromatic heterocycles. The van der Waals surface area contributed by atoms with Gasteiger partial charge >= 0.3 is 0 Å². The molecule has 0 aliphatic carbocycles. The van der Waals surface area contributed by atoms with Gasteiger partial charge in [-0.05, 0) is 67.1 Å². The molecule has 0 atom stereocenters. The second-order valence-corrected chi connectivity index (χ2v) is 6.51. The van der Waals surface area contributed by atoms with Crippen molar-refractivity contribution in [1.29, 1.82) is 0 Å². The van der Waals surface area contributed by atoms with Gasteiger partial charge in [0.15, 0.2) is 0 Å². The first kappa shape index (κ1) is 14.7. The molecule has 5 nitrogen and oxygen atoms in total. The lowest BCUT2D eigenvalue weighted by Gasteiger charge is -2.06. The lowest BCUT2D eigenvalue weighted by atomic mass is 10.1. The smallest absolute Gasteiger partial charge is 0.204 e. The second kappa shape index (κ2) is 5.46. The van der Waals surface area contributed by atoms with Gasteiger partial charge in [0.2, 0.25) is 5.78 Å². The maximum atomic E-state index is 12.3. The number of rotatable bonds is 0. The van der Waals surface area contributed by atoms with E-state index >= 15 is 0 Å². The number of carbonyl (C=O) groups excluding carboxylic acids is 1. The molecule has 0 amide bonds. The van der Waals surface area contributed by atoms with Gasteiger partial charge in [-0.15, -0.1) is 0 Å². The highest BCUT2D eigenvalue weighted by molar-refractivity contribution is 6.19. The zero-order valence-electron chi connectivity index (χ0n) is 14.1. The van der Waals surface area contributed by atoms with Crippen LogP contribution < -0.4 is 16.0 Å². The maximum absolute atomic E-state index is 12.3. The molecule has 0 spiro atoms. The molecule has 0 saturated carbocycles. The number of fused-ring (bicyclic) bond motifs is 7. The number of nitrogens with one attached hydrogen (secondary N) is 3. The van der Waals surface area contributed by atoms with Crippen LogP contribution in [0.3, 0.4) is 0 Å². The lowest BCUT2D eigenvalue weighted by molar-refractivity contribution is -0.111. The monoisotopic (exact) mass is 340 g/mol. The van der Waals surface area contributed by atoms with E-state index in [-0.39, 0.29) is 5.78 Å². The minimum Gasteiger partial charge on any atom is -0.355 e. The van der Waals surface area contributed by atoms with E-state index in [1.54, 1.807) is 6.08 Å². The van der Waals surface area contributed by atoms with Gasteiger partial charge in [0.1, 0.15) is 0 Å². The van der Waals surface area contributed by atoms with Crippen LogP contribution in [0.25, 0.3) is 18.2 Å². The molecule has 0 unspecified atom stereocenters. The molecule has 3 aliphatic rings. The maximum Gasteiger partial charge on any atom is 0.204 e. The average molecular weight is 340 g/mol. The van der Waals surface area contributed by atoms with Crippen molar-refractivity contribution in [2.45, 2.75) is 6.92 Å². The largest absolute Gasteiger partial charge is 0.355 e. The fourth-order valence-electron chi connectivity index (χ4n) is 3.24. The highest BCUT2D eigenvalue weighted by Crippen LogP contribution is 2.24. The van der Waals surface area contributed by atoms with E-state index in [1.807, 2.05) is 61.6 Å². The lowest BCUT2D eigenvalue weighted by Crippen LogP contribution is -2.11. The minimum atomic E-state index is -0.0317. The van der Waals surface area contributed by atoms with Gasteiger partial charge in [-0.2, -0.15) is 0 Å². The SMILES string of the molecule is CC1=C2C=CC(=N2)C=c2ccc([nH]2)=Cc2ccc([nH]2)C=C2NC1=CC2=O. The highest BCUT2D eigenvalue weighted by Gasteiger charge is 2.21. The summed E-state index contributed by atoms with van der Waals surface area (Å²) in [6.45, 7) is 1.97. The normalized spacial score (nSPS) is 18.0. The number of aromatic amines is 2. The Kier molecular flexibility index (Phi) is 3.09. The van der Waals surface area contributed by atoms with Gasteiger partial charge in [0.05, 0.1) is 17.1 Å². The number of hydrogen-bond donors (Lipinski definition) is 3. The van der Waals surface area contributed by atoms with Crippen LogP contribution in [0.15, 0.2) is 70.2 Å². The molecule has 0 fully saturated rings. The molecule has 3 N–H and O–H groups in total. The van der Waals surface area contributed by atoms with Gasteiger partial charge in [0, 0.05) is 33.9 Å². The van der Waals surface area contributed by atoms with Crippen molar-refractivity contribution in [3.63, 3.8) is 0 Å². The number of ketones is 1. The van der Waals surface area contributed by atoms with Gasteiger partial charge in [-0.3, -0.25) is 4.79 Å². The number of H-pyrrole nitrogens is 2. The Morgan fingerprint density at radius 1 is 0.808 bits per heavy atom. The third-order valence-corrected chi connectivity index (χ3v) is 4.64. The van der Waals surface area contributed by atoms with Crippen LogP contribution in [0.4, 0.5) is 0 Å². The van der Waals surface area contributed by atoms with Crippen LogP contribution in [0, 0.1) is 0 Å². The first-order valence-corrected chi connectivity index (χ1v) is 8.44. The topological polar surface area (TPSA) is 73.0 Å². The standard InChI is InChI=1S/C21H16N4O/c1-12-18-7-6-16(24-18)9-15-3-2-13(22-15)8-14-4-5-17(23-14)10-20-21(26)11-19(12)25-20/h2-11,22-23,25H,1H3. The number of nitrogens with zero attached hydrogens (tertiary/aromatic N) is 1. The summed E-state index contributed by atoms with van der Waals surface area (Å²) in [6.07, 6.45) is 11.4. The van der Waals surface area contributed by atoms with Crippen molar-refractivity contribution >= 4 is 29.7 Å². The molecule has 2 aromatic rings. The van der Waals surface area contributed by atoms with E-state index in [0.29, 0.717) is 5.70 Å². The van der Waals surface area contributed by atoms with Gasteiger partial charge in [0.25, 0.3) is 0 Å². The molecule has 3 aliphatic heterocycles. The van der Waals surface area contributed by atoms with Gasteiger partial charge < -0.3 is 15.3 Å². The summed E-state index contributed by atoms with van der Waals surface area (Å²) in [6, 6.07) is 8.01. The Morgan fingerprint density at radius 2 is 1.58 bits per heavy atom. The van der Waals surface area contributed by atoms with Crippen LogP contribution in [0.1, 0.15) is 18.3 Å². The van der Waals surface area contributed by atoms with Crippen molar-refractivity contribution in [3.05, 3.63) is 87.2 Å². The zero-order chi connectivity index (χ0) is 17.7. The van der Waals surface area contributed by atoms with Crippen LogP contribution in [-0.4, -0.2) is 21.5 Å². The van der Waals surface area contributed by atoms with Crippen LogP contribution in [0.5, 0.6) is 0 Å². The van der Waals surface area contributed by atoms with E-state index in [2.05, 4.69) is 20.3 Å². The van der Waals surface area contributed by atoms with Crippen LogP contribution in [0.2, 0.25) is 0 Å². The first-order chi connectivity index (χ1) is 12.6. The van der Waals surface area contributed by atoms with Crippen LogP contribution >= 0.6 is 0 Å². The predicted octanol–water partition coefficient (Wildman–Crippen LogP) is 1.65. The Labute approximate surface area is 149 Å². The summed E-state index contributed by atoms with van der Waals surface area (Å²) < 4.78 is 0. The Balaban J connectivity index is 1.73. The van der Waals surface area contributed by atoms with Crippen molar-refractivity contribution in [1.82, 2.24) is 15.3 Å². The molecular weight excluding hydrogens is 324 g/mol. The third-order valence-electron chi connectivity index (χ3n) is 4.64. The average Bonchev–Trinajstić information content (AvgIpc) is 3.38. The van der Waals surface area contributed by atoms with Crippen molar-refractivity contribution in [2.24, 2.45) is 4.99 Å². The van der Waals surface area contributed by atoms with Gasteiger partial charge in [-0.1, -0.05) is 0 Å². The third kappa shape index (κ3) is 2.50. The van der Waals surface area contributed by atoms with Gasteiger partial charge in [-0.25, -0.2) is 4.99 Å². The zero-order valence-corrected chi connectivity index (χ0v) is 14.1. The fourth-order valence-corrected chi connectivity index (χ4v) is 3.24. The number of allylic oxidation sites excluding steroid dienone is 4. The number of aliphatic imine (C=N–C) groups is 1. The quantitative estimate of drug-likeness (QED) is 0.682. The molecule has 8 bridgehead atoms.